The lowest BCUT2D eigenvalue weighted by Crippen LogP contribution is -2.23. The van der Waals surface area contributed by atoms with Gasteiger partial charge in [-0.2, -0.15) is 0 Å². The zero-order chi connectivity index (χ0) is 15.7. The molecule has 1 atom stereocenters. The fourth-order valence-electron chi connectivity index (χ4n) is 2.24. The Morgan fingerprint density at radius 1 is 1.09 bits per heavy atom. The number of aliphatic hydroxyl groups is 1. The van der Waals surface area contributed by atoms with Crippen molar-refractivity contribution >= 4 is 34.1 Å². The van der Waals surface area contributed by atoms with E-state index in [4.69, 9.17) is 23.2 Å². The Hall–Kier alpha value is -1.88. The molecule has 112 valence electrons. The number of hydrogen-bond acceptors (Lipinski definition) is 3. The number of fused-ring (bicyclic) bond motifs is 1. The van der Waals surface area contributed by atoms with Crippen molar-refractivity contribution < 1.29 is 5.11 Å². The van der Waals surface area contributed by atoms with Gasteiger partial charge in [-0.1, -0.05) is 35.3 Å². The average molecular weight is 335 g/mol. The standard InChI is InChI=1S/C16H12Cl2N2O2/c17-11-3-1-10(2-4-11)15(21)8-20-9-19-14-6-5-12(18)7-13(14)16(20)22/h1-7,9,15,21H,8H2. The molecule has 2 aromatic carbocycles. The summed E-state index contributed by atoms with van der Waals surface area (Å²) in [6, 6.07) is 11.8. The van der Waals surface area contributed by atoms with Gasteiger partial charge in [0.1, 0.15) is 0 Å². The number of halogens is 2. The maximum atomic E-state index is 12.4. The first-order valence-corrected chi connectivity index (χ1v) is 7.38. The van der Waals surface area contributed by atoms with E-state index in [1.165, 1.54) is 10.9 Å². The molecule has 1 N–H and O–H groups in total. The largest absolute Gasteiger partial charge is 0.387 e. The summed E-state index contributed by atoms with van der Waals surface area (Å²) in [4.78, 5) is 16.6. The number of benzene rings is 2. The summed E-state index contributed by atoms with van der Waals surface area (Å²) in [5.74, 6) is 0. The lowest BCUT2D eigenvalue weighted by molar-refractivity contribution is 0.155. The fraction of sp³-hybridized carbons (Fsp3) is 0.125. The van der Waals surface area contributed by atoms with Crippen molar-refractivity contribution in [1.82, 2.24) is 9.55 Å². The second-order valence-corrected chi connectivity index (χ2v) is 5.80. The molecule has 0 amide bonds. The minimum absolute atomic E-state index is 0.107. The quantitative estimate of drug-likeness (QED) is 0.798. The van der Waals surface area contributed by atoms with Crippen molar-refractivity contribution in [2.24, 2.45) is 0 Å². The second kappa shape index (κ2) is 6.08. The smallest absolute Gasteiger partial charge is 0.261 e. The van der Waals surface area contributed by atoms with Gasteiger partial charge in [-0.05, 0) is 35.9 Å². The molecular formula is C16H12Cl2N2O2. The second-order valence-electron chi connectivity index (χ2n) is 4.93. The Labute approximate surface area is 136 Å². The molecule has 0 fully saturated rings. The highest BCUT2D eigenvalue weighted by molar-refractivity contribution is 6.31. The predicted octanol–water partition coefficient (Wildman–Crippen LogP) is 3.44. The number of aromatic nitrogens is 2. The molecule has 22 heavy (non-hydrogen) atoms. The minimum Gasteiger partial charge on any atom is -0.387 e. The normalized spacial score (nSPS) is 12.5. The van der Waals surface area contributed by atoms with Crippen molar-refractivity contribution in [3.63, 3.8) is 0 Å². The van der Waals surface area contributed by atoms with E-state index in [9.17, 15) is 9.90 Å². The maximum absolute atomic E-state index is 12.4. The topological polar surface area (TPSA) is 55.1 Å². The molecule has 0 aliphatic heterocycles. The number of nitrogens with zero attached hydrogens (tertiary/aromatic N) is 2. The Balaban J connectivity index is 1.95. The summed E-state index contributed by atoms with van der Waals surface area (Å²) in [6.07, 6.45) is 0.603. The minimum atomic E-state index is -0.826. The zero-order valence-electron chi connectivity index (χ0n) is 11.4. The van der Waals surface area contributed by atoms with E-state index in [2.05, 4.69) is 4.98 Å². The van der Waals surface area contributed by atoms with E-state index in [1.54, 1.807) is 42.5 Å². The van der Waals surface area contributed by atoms with Crippen molar-refractivity contribution in [2.45, 2.75) is 12.6 Å². The molecule has 1 unspecified atom stereocenters. The molecule has 4 nitrogen and oxygen atoms in total. The van der Waals surface area contributed by atoms with Crippen molar-refractivity contribution in [2.75, 3.05) is 0 Å². The summed E-state index contributed by atoms with van der Waals surface area (Å²) in [5, 5.41) is 11.8. The van der Waals surface area contributed by atoms with E-state index >= 15 is 0 Å². The van der Waals surface area contributed by atoms with Crippen molar-refractivity contribution in [1.29, 1.82) is 0 Å². The van der Waals surface area contributed by atoms with Crippen LogP contribution in [0.15, 0.2) is 53.6 Å². The Kier molecular flexibility index (Phi) is 4.16. The molecule has 1 heterocycles. The zero-order valence-corrected chi connectivity index (χ0v) is 12.9. The van der Waals surface area contributed by atoms with Gasteiger partial charge in [0.25, 0.3) is 5.56 Å². The van der Waals surface area contributed by atoms with Crippen LogP contribution in [0.4, 0.5) is 0 Å². The van der Waals surface area contributed by atoms with Crippen LogP contribution in [0.3, 0.4) is 0 Å². The SMILES string of the molecule is O=c1c2cc(Cl)ccc2ncn1CC(O)c1ccc(Cl)cc1. The van der Waals surface area contributed by atoms with E-state index in [-0.39, 0.29) is 12.1 Å². The van der Waals surface area contributed by atoms with Gasteiger partial charge in [0, 0.05) is 10.0 Å². The summed E-state index contributed by atoms with van der Waals surface area (Å²) >= 11 is 11.7. The molecule has 3 aromatic rings. The van der Waals surface area contributed by atoms with Crippen molar-refractivity contribution in [3.8, 4) is 0 Å². The molecule has 1 aromatic heterocycles. The van der Waals surface area contributed by atoms with Gasteiger partial charge in [-0.3, -0.25) is 9.36 Å². The van der Waals surface area contributed by atoms with E-state index in [0.29, 0.717) is 26.5 Å². The monoisotopic (exact) mass is 334 g/mol. The summed E-state index contributed by atoms with van der Waals surface area (Å²) in [7, 11) is 0. The Morgan fingerprint density at radius 2 is 1.77 bits per heavy atom. The highest BCUT2D eigenvalue weighted by atomic mass is 35.5. The summed E-state index contributed by atoms with van der Waals surface area (Å²) in [5.41, 5.74) is 1.02. The summed E-state index contributed by atoms with van der Waals surface area (Å²) in [6.45, 7) is 0.107. The third-order valence-corrected chi connectivity index (χ3v) is 3.90. The molecule has 6 heteroatoms. The molecule has 0 aliphatic carbocycles. The van der Waals surface area contributed by atoms with E-state index < -0.39 is 6.10 Å². The van der Waals surface area contributed by atoms with Crippen LogP contribution in [0.25, 0.3) is 10.9 Å². The van der Waals surface area contributed by atoms with E-state index in [1.807, 2.05) is 0 Å². The molecule has 0 radical (unpaired) electrons. The highest BCUT2D eigenvalue weighted by Crippen LogP contribution is 2.18. The van der Waals surface area contributed by atoms with Crippen LogP contribution in [0, 0.1) is 0 Å². The van der Waals surface area contributed by atoms with Gasteiger partial charge in [-0.25, -0.2) is 4.98 Å². The van der Waals surface area contributed by atoms with Gasteiger partial charge in [-0.15, -0.1) is 0 Å². The third kappa shape index (κ3) is 2.99. The van der Waals surface area contributed by atoms with Gasteiger partial charge >= 0.3 is 0 Å². The van der Waals surface area contributed by atoms with Crippen LogP contribution < -0.4 is 5.56 Å². The van der Waals surface area contributed by atoms with Gasteiger partial charge in [0.05, 0.1) is 29.9 Å². The van der Waals surface area contributed by atoms with Crippen LogP contribution in [-0.2, 0) is 6.54 Å². The van der Waals surface area contributed by atoms with E-state index in [0.717, 1.165) is 0 Å². The first-order chi connectivity index (χ1) is 10.5. The lowest BCUT2D eigenvalue weighted by Gasteiger charge is -2.13. The van der Waals surface area contributed by atoms with Crippen LogP contribution in [0.5, 0.6) is 0 Å². The molecule has 3 rings (SSSR count). The first kappa shape index (κ1) is 15.0. The third-order valence-electron chi connectivity index (χ3n) is 3.41. The van der Waals surface area contributed by atoms with Gasteiger partial charge < -0.3 is 5.11 Å². The molecule has 0 bridgehead atoms. The molecule has 0 saturated carbocycles. The number of aliphatic hydroxyl groups excluding tert-OH is 1. The Bertz CT molecular complexity index is 875. The van der Waals surface area contributed by atoms with Crippen LogP contribution in [0.1, 0.15) is 11.7 Å². The van der Waals surface area contributed by atoms with Crippen LogP contribution >= 0.6 is 23.2 Å². The molecule has 0 saturated heterocycles. The highest BCUT2D eigenvalue weighted by Gasteiger charge is 2.11. The predicted molar refractivity (Wildman–Crippen MR) is 87.4 cm³/mol. The number of hydrogen-bond donors (Lipinski definition) is 1. The fourth-order valence-corrected chi connectivity index (χ4v) is 2.54. The van der Waals surface area contributed by atoms with Gasteiger partial charge in [0.15, 0.2) is 0 Å². The average Bonchev–Trinajstić information content (AvgIpc) is 2.51. The van der Waals surface area contributed by atoms with Crippen molar-refractivity contribution in [3.05, 3.63) is 74.8 Å². The van der Waals surface area contributed by atoms with Crippen LogP contribution in [-0.4, -0.2) is 14.7 Å². The maximum Gasteiger partial charge on any atom is 0.261 e. The molecule has 0 aliphatic rings. The Morgan fingerprint density at radius 3 is 2.50 bits per heavy atom. The molecular weight excluding hydrogens is 323 g/mol. The summed E-state index contributed by atoms with van der Waals surface area (Å²) < 4.78 is 1.37. The molecule has 0 spiro atoms. The number of rotatable bonds is 3. The lowest BCUT2D eigenvalue weighted by atomic mass is 10.1. The van der Waals surface area contributed by atoms with Crippen LogP contribution in [0.2, 0.25) is 10.0 Å². The first-order valence-electron chi connectivity index (χ1n) is 6.63. The van der Waals surface area contributed by atoms with Gasteiger partial charge in [0.2, 0.25) is 0 Å².